The van der Waals surface area contributed by atoms with Crippen LogP contribution in [0.15, 0.2) is 42.5 Å². The SMILES string of the molecule is COc1cc(OC)cc(C2CCOP(=O)(Oc3ccc([N+](=O)[O-])cc3)O2)c1. The number of phosphoric acid groups is 1. The Morgan fingerprint density at radius 2 is 1.70 bits per heavy atom. The fourth-order valence-corrected chi connectivity index (χ4v) is 3.96. The highest BCUT2D eigenvalue weighted by Crippen LogP contribution is 2.57. The largest absolute Gasteiger partial charge is 0.530 e. The highest BCUT2D eigenvalue weighted by atomic mass is 31.2. The van der Waals surface area contributed by atoms with Crippen LogP contribution in [0.4, 0.5) is 5.69 Å². The summed E-state index contributed by atoms with van der Waals surface area (Å²) in [5.74, 6) is 1.30. The average molecular weight is 395 g/mol. The smallest absolute Gasteiger partial charge is 0.497 e. The van der Waals surface area contributed by atoms with E-state index < -0.39 is 18.8 Å². The van der Waals surface area contributed by atoms with E-state index in [9.17, 15) is 14.7 Å². The van der Waals surface area contributed by atoms with E-state index in [-0.39, 0.29) is 18.0 Å². The van der Waals surface area contributed by atoms with Gasteiger partial charge in [-0.15, -0.1) is 0 Å². The molecule has 10 heteroatoms. The van der Waals surface area contributed by atoms with Crippen LogP contribution in [0.3, 0.4) is 0 Å². The summed E-state index contributed by atoms with van der Waals surface area (Å²) in [6, 6.07) is 10.4. The van der Waals surface area contributed by atoms with Crippen LogP contribution >= 0.6 is 7.82 Å². The van der Waals surface area contributed by atoms with Crippen LogP contribution in [0.25, 0.3) is 0 Å². The van der Waals surface area contributed by atoms with Crippen molar-refractivity contribution in [1.29, 1.82) is 0 Å². The lowest BCUT2D eigenvalue weighted by molar-refractivity contribution is -0.384. The van der Waals surface area contributed by atoms with Crippen molar-refractivity contribution in [2.24, 2.45) is 0 Å². The zero-order chi connectivity index (χ0) is 19.4. The lowest BCUT2D eigenvalue weighted by Crippen LogP contribution is -2.16. The minimum absolute atomic E-state index is 0.104. The van der Waals surface area contributed by atoms with Crippen molar-refractivity contribution in [2.75, 3.05) is 20.8 Å². The van der Waals surface area contributed by atoms with Crippen molar-refractivity contribution < 1.29 is 32.5 Å². The lowest BCUT2D eigenvalue weighted by atomic mass is 10.1. The molecule has 0 radical (unpaired) electrons. The van der Waals surface area contributed by atoms with Crippen molar-refractivity contribution in [2.45, 2.75) is 12.5 Å². The molecule has 0 bridgehead atoms. The molecule has 2 aromatic rings. The molecule has 0 amide bonds. The monoisotopic (exact) mass is 395 g/mol. The average Bonchev–Trinajstić information content (AvgIpc) is 2.67. The van der Waals surface area contributed by atoms with Crippen LogP contribution in [0.2, 0.25) is 0 Å². The van der Waals surface area contributed by atoms with Gasteiger partial charge in [0.1, 0.15) is 17.2 Å². The first-order chi connectivity index (χ1) is 12.9. The zero-order valence-electron chi connectivity index (χ0n) is 14.7. The molecule has 1 saturated heterocycles. The Morgan fingerprint density at radius 1 is 1.07 bits per heavy atom. The molecule has 2 atom stereocenters. The Kier molecular flexibility index (Phi) is 5.65. The van der Waals surface area contributed by atoms with E-state index in [1.807, 2.05) is 0 Å². The first kappa shape index (κ1) is 19.2. The molecule has 27 heavy (non-hydrogen) atoms. The van der Waals surface area contributed by atoms with Gasteiger partial charge in [0.15, 0.2) is 0 Å². The summed E-state index contributed by atoms with van der Waals surface area (Å²) in [7, 11) is -0.827. The molecule has 0 N–H and O–H groups in total. The number of hydrogen-bond acceptors (Lipinski definition) is 8. The van der Waals surface area contributed by atoms with Gasteiger partial charge < -0.3 is 14.0 Å². The van der Waals surface area contributed by atoms with Gasteiger partial charge in [0, 0.05) is 24.6 Å². The van der Waals surface area contributed by atoms with E-state index in [2.05, 4.69) is 0 Å². The van der Waals surface area contributed by atoms with Gasteiger partial charge in [0.05, 0.1) is 31.9 Å². The number of nitrogens with zero attached hydrogens (tertiary/aromatic N) is 1. The van der Waals surface area contributed by atoms with Gasteiger partial charge in [-0.2, -0.15) is 0 Å². The van der Waals surface area contributed by atoms with Crippen LogP contribution in [0, 0.1) is 10.1 Å². The summed E-state index contributed by atoms with van der Waals surface area (Å²) in [5, 5.41) is 10.7. The maximum atomic E-state index is 12.9. The highest BCUT2D eigenvalue weighted by Gasteiger charge is 2.38. The van der Waals surface area contributed by atoms with E-state index in [1.54, 1.807) is 18.2 Å². The maximum absolute atomic E-state index is 12.9. The third-order valence-electron chi connectivity index (χ3n) is 3.90. The summed E-state index contributed by atoms with van der Waals surface area (Å²) < 4.78 is 39.5. The number of hydrogen-bond donors (Lipinski definition) is 0. The van der Waals surface area contributed by atoms with E-state index in [4.69, 9.17) is 23.0 Å². The Morgan fingerprint density at radius 3 is 2.26 bits per heavy atom. The van der Waals surface area contributed by atoms with Gasteiger partial charge in [0.25, 0.3) is 5.69 Å². The first-order valence-electron chi connectivity index (χ1n) is 8.02. The maximum Gasteiger partial charge on any atom is 0.530 e. The second-order valence-corrected chi connectivity index (χ2v) is 7.20. The predicted octanol–water partition coefficient (Wildman–Crippen LogP) is 4.28. The molecule has 2 unspecified atom stereocenters. The molecule has 144 valence electrons. The minimum atomic E-state index is -3.89. The fourth-order valence-electron chi connectivity index (χ4n) is 2.56. The third-order valence-corrected chi connectivity index (χ3v) is 5.34. The number of benzene rings is 2. The molecule has 0 saturated carbocycles. The fraction of sp³-hybridized carbons (Fsp3) is 0.294. The van der Waals surface area contributed by atoms with Crippen molar-refractivity contribution in [3.8, 4) is 17.2 Å². The summed E-state index contributed by atoms with van der Waals surface area (Å²) in [6.45, 7) is 0.161. The van der Waals surface area contributed by atoms with Crippen molar-refractivity contribution in [3.63, 3.8) is 0 Å². The molecule has 1 aliphatic heterocycles. The minimum Gasteiger partial charge on any atom is -0.497 e. The summed E-state index contributed by atoms with van der Waals surface area (Å²) in [5.41, 5.74) is 0.606. The standard InChI is InChI=1S/C17H18NO8P/c1-22-15-9-12(10-16(11-15)23-2)17-7-8-24-27(21,26-17)25-14-5-3-13(4-6-14)18(19)20/h3-6,9-11,17H,7-8H2,1-2H3. The van der Waals surface area contributed by atoms with Crippen molar-refractivity contribution in [3.05, 3.63) is 58.1 Å². The number of non-ortho nitro benzene ring substituents is 1. The van der Waals surface area contributed by atoms with Gasteiger partial charge in [-0.05, 0) is 29.8 Å². The molecule has 0 aliphatic carbocycles. The number of nitro groups is 1. The molecule has 2 aromatic carbocycles. The van der Waals surface area contributed by atoms with Crippen LogP contribution in [-0.2, 0) is 13.6 Å². The molecular formula is C17H18NO8P. The van der Waals surface area contributed by atoms with Crippen molar-refractivity contribution >= 4 is 13.5 Å². The summed E-state index contributed by atoms with van der Waals surface area (Å²) >= 11 is 0. The predicted molar refractivity (Wildman–Crippen MR) is 95.3 cm³/mol. The molecule has 1 aliphatic rings. The molecule has 0 spiro atoms. The quantitative estimate of drug-likeness (QED) is 0.405. The molecule has 1 fully saturated rings. The molecular weight excluding hydrogens is 377 g/mol. The highest BCUT2D eigenvalue weighted by molar-refractivity contribution is 7.49. The van der Waals surface area contributed by atoms with Gasteiger partial charge in [-0.3, -0.25) is 19.2 Å². The topological polar surface area (TPSA) is 106 Å². The number of nitro benzene ring substituents is 1. The van der Waals surface area contributed by atoms with E-state index in [0.717, 1.165) is 0 Å². The first-order valence-corrected chi connectivity index (χ1v) is 9.48. The van der Waals surface area contributed by atoms with E-state index >= 15 is 0 Å². The Hall–Kier alpha value is -2.61. The number of ether oxygens (including phenoxy) is 2. The normalized spacial score (nSPS) is 22.1. The van der Waals surface area contributed by atoms with Gasteiger partial charge in [-0.1, -0.05) is 0 Å². The lowest BCUT2D eigenvalue weighted by Gasteiger charge is -2.29. The van der Waals surface area contributed by atoms with Gasteiger partial charge in [-0.25, -0.2) is 4.57 Å². The third kappa shape index (κ3) is 4.57. The van der Waals surface area contributed by atoms with Crippen LogP contribution in [-0.4, -0.2) is 25.7 Å². The van der Waals surface area contributed by atoms with Crippen LogP contribution < -0.4 is 14.0 Å². The Labute approximate surface area is 155 Å². The molecule has 9 nitrogen and oxygen atoms in total. The van der Waals surface area contributed by atoms with Crippen LogP contribution in [0.1, 0.15) is 18.1 Å². The molecule has 3 rings (SSSR count). The zero-order valence-corrected chi connectivity index (χ0v) is 15.6. The van der Waals surface area contributed by atoms with E-state index in [1.165, 1.54) is 38.5 Å². The van der Waals surface area contributed by atoms with Crippen LogP contribution in [0.5, 0.6) is 17.2 Å². The van der Waals surface area contributed by atoms with Crippen molar-refractivity contribution in [1.82, 2.24) is 0 Å². The molecule has 1 heterocycles. The van der Waals surface area contributed by atoms with Gasteiger partial charge >= 0.3 is 7.82 Å². The number of methoxy groups -OCH3 is 2. The second kappa shape index (κ2) is 7.96. The summed E-state index contributed by atoms with van der Waals surface area (Å²) in [4.78, 5) is 10.2. The van der Waals surface area contributed by atoms with E-state index in [0.29, 0.717) is 23.5 Å². The second-order valence-electron chi connectivity index (χ2n) is 5.65. The Bertz CT molecular complexity index is 847. The Balaban J connectivity index is 1.78. The molecule has 0 aromatic heterocycles. The van der Waals surface area contributed by atoms with Gasteiger partial charge in [0.2, 0.25) is 0 Å². The summed E-state index contributed by atoms with van der Waals surface area (Å²) in [6.07, 6.45) is -0.0872. The number of phosphoric ester groups is 1. The number of rotatable bonds is 6.